The molecule has 0 saturated heterocycles. The summed E-state index contributed by atoms with van der Waals surface area (Å²) in [6.07, 6.45) is 3.18. The number of nitrogens with zero attached hydrogens (tertiary/aromatic N) is 4. The van der Waals surface area contributed by atoms with Crippen molar-refractivity contribution in [2.75, 3.05) is 12.4 Å². The molecule has 0 atom stereocenters. The third-order valence-corrected chi connectivity index (χ3v) is 5.06. The highest BCUT2D eigenvalue weighted by molar-refractivity contribution is 7.88. The number of rotatable bonds is 6. The van der Waals surface area contributed by atoms with Crippen molar-refractivity contribution >= 4 is 26.9 Å². The summed E-state index contributed by atoms with van der Waals surface area (Å²) in [5.74, 6) is 0.604. The fourth-order valence-electron chi connectivity index (χ4n) is 2.43. The Hall–Kier alpha value is -2.52. The van der Waals surface area contributed by atoms with E-state index in [1.165, 1.54) is 13.4 Å². The number of anilines is 1. The zero-order chi connectivity index (χ0) is 17.2. The van der Waals surface area contributed by atoms with Crippen LogP contribution in [0.15, 0.2) is 36.8 Å². The van der Waals surface area contributed by atoms with Crippen molar-refractivity contribution in [3.8, 4) is 0 Å². The van der Waals surface area contributed by atoms with Gasteiger partial charge in [-0.15, -0.1) is 0 Å². The van der Waals surface area contributed by atoms with Gasteiger partial charge in [0.15, 0.2) is 5.65 Å². The summed E-state index contributed by atoms with van der Waals surface area (Å²) in [6.45, 7) is 0.455. The molecule has 24 heavy (non-hydrogen) atoms. The number of aryl methyl sites for hydroxylation is 1. The highest BCUT2D eigenvalue weighted by Gasteiger charge is 2.13. The van der Waals surface area contributed by atoms with Crippen LogP contribution in [0.1, 0.15) is 11.1 Å². The van der Waals surface area contributed by atoms with Gasteiger partial charge in [-0.25, -0.2) is 23.1 Å². The van der Waals surface area contributed by atoms with E-state index < -0.39 is 10.0 Å². The van der Waals surface area contributed by atoms with Crippen LogP contribution in [0.4, 0.5) is 5.82 Å². The van der Waals surface area contributed by atoms with Gasteiger partial charge in [0.2, 0.25) is 10.0 Å². The van der Waals surface area contributed by atoms with Crippen LogP contribution in [-0.4, -0.2) is 35.2 Å². The normalized spacial score (nSPS) is 11.8. The third kappa shape index (κ3) is 3.36. The second-order valence-corrected chi connectivity index (χ2v) is 7.24. The van der Waals surface area contributed by atoms with Crippen LogP contribution in [0.25, 0.3) is 11.0 Å². The van der Waals surface area contributed by atoms with E-state index in [0.717, 1.165) is 22.2 Å². The Bertz CT molecular complexity index is 967. The van der Waals surface area contributed by atoms with Gasteiger partial charge in [0.05, 0.1) is 17.3 Å². The number of sulfonamides is 1. The number of benzene rings is 1. The van der Waals surface area contributed by atoms with Crippen molar-refractivity contribution in [3.05, 3.63) is 47.9 Å². The number of aromatic nitrogens is 4. The van der Waals surface area contributed by atoms with E-state index in [2.05, 4.69) is 25.1 Å². The molecular weight excluding hydrogens is 328 g/mol. The molecule has 2 heterocycles. The zero-order valence-corrected chi connectivity index (χ0v) is 14.2. The number of nitrogens with one attached hydrogen (secondary N) is 2. The molecule has 0 aliphatic rings. The van der Waals surface area contributed by atoms with Gasteiger partial charge < -0.3 is 5.32 Å². The first kappa shape index (κ1) is 16.3. The van der Waals surface area contributed by atoms with E-state index in [4.69, 9.17) is 0 Å². The summed E-state index contributed by atoms with van der Waals surface area (Å²) in [7, 11) is -0.0967. The first-order valence-electron chi connectivity index (χ1n) is 7.35. The predicted molar refractivity (Wildman–Crippen MR) is 91.8 cm³/mol. The molecule has 8 nitrogen and oxygen atoms in total. The summed E-state index contributed by atoms with van der Waals surface area (Å²) in [4.78, 5) is 8.44. The lowest BCUT2D eigenvalue weighted by Gasteiger charge is -2.11. The van der Waals surface area contributed by atoms with E-state index >= 15 is 0 Å². The molecule has 9 heteroatoms. The molecule has 0 bridgehead atoms. The van der Waals surface area contributed by atoms with Crippen molar-refractivity contribution in [1.82, 2.24) is 24.5 Å². The average molecular weight is 346 g/mol. The summed E-state index contributed by atoms with van der Waals surface area (Å²) in [6, 6.07) is 7.42. The molecule has 0 radical (unpaired) electrons. The Morgan fingerprint density at radius 1 is 1.17 bits per heavy atom. The molecule has 2 N–H and O–H groups in total. The minimum Gasteiger partial charge on any atom is -0.365 e. The van der Waals surface area contributed by atoms with Crippen molar-refractivity contribution in [1.29, 1.82) is 0 Å². The molecule has 0 fully saturated rings. The molecule has 126 valence electrons. The standard InChI is InChI=1S/C15H18N6O2S/c1-16-24(22,23)9-12-6-4-3-5-11(12)7-17-14-13-8-20-21(2)15(13)19-10-18-14/h3-6,8,10,16H,7,9H2,1-2H3,(H,17,18,19). The van der Waals surface area contributed by atoms with Gasteiger partial charge in [-0.3, -0.25) is 4.68 Å². The first-order valence-corrected chi connectivity index (χ1v) is 9.00. The molecule has 0 aliphatic heterocycles. The van der Waals surface area contributed by atoms with Crippen LogP contribution >= 0.6 is 0 Å². The predicted octanol–water partition coefficient (Wildman–Crippen LogP) is 1.02. The molecule has 3 rings (SSSR count). The molecule has 0 amide bonds. The monoisotopic (exact) mass is 346 g/mol. The lowest BCUT2D eigenvalue weighted by atomic mass is 10.1. The van der Waals surface area contributed by atoms with Gasteiger partial charge in [-0.05, 0) is 18.2 Å². The summed E-state index contributed by atoms with van der Waals surface area (Å²) in [5, 5.41) is 8.24. The highest BCUT2D eigenvalue weighted by Crippen LogP contribution is 2.20. The molecule has 0 aliphatic carbocycles. The Balaban J connectivity index is 1.84. The number of fused-ring (bicyclic) bond motifs is 1. The lowest BCUT2D eigenvalue weighted by Crippen LogP contribution is -2.21. The molecule has 0 unspecified atom stereocenters. The van der Waals surface area contributed by atoms with Crippen molar-refractivity contribution in [2.45, 2.75) is 12.3 Å². The van der Waals surface area contributed by atoms with Gasteiger partial charge in [0, 0.05) is 13.6 Å². The molecular formula is C15H18N6O2S. The lowest BCUT2D eigenvalue weighted by molar-refractivity contribution is 0.587. The maximum atomic E-state index is 11.8. The quantitative estimate of drug-likeness (QED) is 0.691. The Morgan fingerprint density at radius 2 is 1.92 bits per heavy atom. The minimum atomic E-state index is -3.33. The molecule has 3 aromatic rings. The minimum absolute atomic E-state index is 0.0621. The number of hydrogen-bond donors (Lipinski definition) is 2. The topological polar surface area (TPSA) is 102 Å². The van der Waals surface area contributed by atoms with E-state index in [0.29, 0.717) is 12.4 Å². The zero-order valence-electron chi connectivity index (χ0n) is 13.4. The van der Waals surface area contributed by atoms with Gasteiger partial charge in [-0.1, -0.05) is 24.3 Å². The SMILES string of the molecule is CNS(=O)(=O)Cc1ccccc1CNc1ncnc2c1cnn2C. The fourth-order valence-corrected chi connectivity index (χ4v) is 3.26. The maximum Gasteiger partial charge on any atom is 0.215 e. The van der Waals surface area contributed by atoms with Crippen molar-refractivity contribution in [3.63, 3.8) is 0 Å². The largest absolute Gasteiger partial charge is 0.365 e. The van der Waals surface area contributed by atoms with Crippen LogP contribution in [0, 0.1) is 0 Å². The van der Waals surface area contributed by atoms with Crippen LogP contribution in [0.5, 0.6) is 0 Å². The van der Waals surface area contributed by atoms with E-state index in [9.17, 15) is 8.42 Å². The molecule has 1 aromatic carbocycles. The molecule has 2 aromatic heterocycles. The third-order valence-electron chi connectivity index (χ3n) is 3.75. The van der Waals surface area contributed by atoms with Gasteiger partial charge in [-0.2, -0.15) is 5.10 Å². The second-order valence-electron chi connectivity index (χ2n) is 5.31. The second kappa shape index (κ2) is 6.54. The summed E-state index contributed by atoms with van der Waals surface area (Å²) < 4.78 is 27.6. The van der Waals surface area contributed by atoms with Crippen LogP contribution < -0.4 is 10.0 Å². The van der Waals surface area contributed by atoms with E-state index in [1.54, 1.807) is 10.9 Å². The van der Waals surface area contributed by atoms with E-state index in [1.807, 2.05) is 31.3 Å². The smallest absolute Gasteiger partial charge is 0.215 e. The van der Waals surface area contributed by atoms with Gasteiger partial charge >= 0.3 is 0 Å². The first-order chi connectivity index (χ1) is 11.5. The number of hydrogen-bond acceptors (Lipinski definition) is 6. The average Bonchev–Trinajstić information content (AvgIpc) is 2.96. The maximum absolute atomic E-state index is 11.8. The van der Waals surface area contributed by atoms with Gasteiger partial charge in [0.1, 0.15) is 12.1 Å². The Labute approximate surface area is 140 Å². The van der Waals surface area contributed by atoms with Gasteiger partial charge in [0.25, 0.3) is 0 Å². The molecule has 0 saturated carbocycles. The molecule has 0 spiro atoms. The van der Waals surface area contributed by atoms with Crippen LogP contribution in [-0.2, 0) is 29.4 Å². The van der Waals surface area contributed by atoms with Crippen LogP contribution in [0.3, 0.4) is 0 Å². The van der Waals surface area contributed by atoms with E-state index in [-0.39, 0.29) is 5.75 Å². The van der Waals surface area contributed by atoms with Crippen LogP contribution in [0.2, 0.25) is 0 Å². The highest BCUT2D eigenvalue weighted by atomic mass is 32.2. The fraction of sp³-hybridized carbons (Fsp3) is 0.267. The Morgan fingerprint density at radius 3 is 2.67 bits per heavy atom. The Kier molecular flexibility index (Phi) is 4.45. The van der Waals surface area contributed by atoms with Crippen molar-refractivity contribution < 1.29 is 8.42 Å². The summed E-state index contributed by atoms with van der Waals surface area (Å²) >= 11 is 0. The van der Waals surface area contributed by atoms with Crippen molar-refractivity contribution in [2.24, 2.45) is 7.05 Å². The summed E-state index contributed by atoms with van der Waals surface area (Å²) in [5.41, 5.74) is 2.38.